The van der Waals surface area contributed by atoms with Crippen molar-refractivity contribution >= 4 is 38.6 Å². The molecule has 0 unspecified atom stereocenters. The van der Waals surface area contributed by atoms with E-state index in [1.807, 2.05) is 11.8 Å². The van der Waals surface area contributed by atoms with E-state index in [4.69, 9.17) is 0 Å². The van der Waals surface area contributed by atoms with Gasteiger partial charge in [-0.25, -0.2) is 0 Å². The van der Waals surface area contributed by atoms with Crippen LogP contribution in [0.25, 0.3) is 10.9 Å². The highest BCUT2D eigenvalue weighted by Gasteiger charge is 2.09. The van der Waals surface area contributed by atoms with E-state index < -0.39 is 0 Å². The zero-order valence-corrected chi connectivity index (χ0v) is 13.2. The fourth-order valence-corrected chi connectivity index (χ4v) is 3.82. The van der Waals surface area contributed by atoms with Crippen LogP contribution in [0.5, 0.6) is 0 Å². The largest absolute Gasteiger partial charge is 0.360 e. The molecule has 0 spiro atoms. The van der Waals surface area contributed by atoms with Gasteiger partial charge in [-0.3, -0.25) is 0 Å². The molecule has 3 heteroatoms. The van der Waals surface area contributed by atoms with Crippen molar-refractivity contribution in [1.82, 2.24) is 4.98 Å². The normalized spacial score (nSPS) is 11.1. The van der Waals surface area contributed by atoms with Crippen molar-refractivity contribution in [2.24, 2.45) is 0 Å². The Morgan fingerprint density at radius 1 is 1.00 bits per heavy atom. The summed E-state index contributed by atoms with van der Waals surface area (Å²) in [7, 11) is 0. The zero-order chi connectivity index (χ0) is 13.4. The Bertz CT molecular complexity index is 746. The molecule has 0 bridgehead atoms. The van der Waals surface area contributed by atoms with Crippen LogP contribution in [0.3, 0.4) is 0 Å². The molecule has 1 heterocycles. The number of benzene rings is 2. The molecule has 0 aliphatic heterocycles. The topological polar surface area (TPSA) is 15.8 Å². The van der Waals surface area contributed by atoms with E-state index in [0.29, 0.717) is 0 Å². The number of aromatic amines is 1. The summed E-state index contributed by atoms with van der Waals surface area (Å²) in [5.41, 5.74) is 3.82. The van der Waals surface area contributed by atoms with Crippen molar-refractivity contribution in [2.45, 2.75) is 23.6 Å². The number of fused-ring (bicyclic) bond motifs is 1. The molecule has 1 nitrogen and oxygen atoms in total. The molecule has 1 N–H and O–H groups in total. The summed E-state index contributed by atoms with van der Waals surface area (Å²) in [6, 6.07) is 12.8. The highest BCUT2D eigenvalue weighted by molar-refractivity contribution is 9.10. The predicted octanol–water partition coefficient (Wildman–Crippen LogP) is 5.70. The lowest BCUT2D eigenvalue weighted by atomic mass is 10.1. The van der Waals surface area contributed by atoms with Gasteiger partial charge in [0.15, 0.2) is 0 Å². The first-order valence-electron chi connectivity index (χ1n) is 6.16. The average molecular weight is 332 g/mol. The molecule has 0 saturated carbocycles. The van der Waals surface area contributed by atoms with E-state index in [1.54, 1.807) is 0 Å². The third kappa shape index (κ3) is 2.45. The van der Waals surface area contributed by atoms with Crippen molar-refractivity contribution in [1.29, 1.82) is 0 Å². The average Bonchev–Trinajstić information content (AvgIpc) is 2.77. The second-order valence-electron chi connectivity index (χ2n) is 4.66. The fraction of sp³-hybridized carbons (Fsp3) is 0.125. The smallest absolute Gasteiger partial charge is 0.0468 e. The third-order valence-electron chi connectivity index (χ3n) is 3.23. The second kappa shape index (κ2) is 5.06. The second-order valence-corrected chi connectivity index (χ2v) is 6.66. The number of rotatable bonds is 2. The zero-order valence-electron chi connectivity index (χ0n) is 10.8. The molecular formula is C16H14BrNS. The lowest BCUT2D eigenvalue weighted by molar-refractivity contribution is 1.28. The summed E-state index contributed by atoms with van der Waals surface area (Å²) in [6.07, 6.45) is 2.10. The number of aromatic nitrogens is 1. The van der Waals surface area contributed by atoms with Gasteiger partial charge in [-0.05, 0) is 49.2 Å². The Labute approximate surface area is 125 Å². The maximum absolute atomic E-state index is 3.51. The Balaban J connectivity index is 2.06. The van der Waals surface area contributed by atoms with Crippen molar-refractivity contribution in [2.75, 3.05) is 0 Å². The number of nitrogens with one attached hydrogen (secondary N) is 1. The van der Waals surface area contributed by atoms with Crippen LogP contribution in [0, 0.1) is 13.8 Å². The van der Waals surface area contributed by atoms with E-state index in [9.17, 15) is 0 Å². The Kier molecular flexibility index (Phi) is 3.42. The van der Waals surface area contributed by atoms with Crippen LogP contribution in [0.1, 0.15) is 11.1 Å². The first-order chi connectivity index (χ1) is 9.15. The van der Waals surface area contributed by atoms with Gasteiger partial charge in [0.25, 0.3) is 0 Å². The third-order valence-corrected chi connectivity index (χ3v) is 4.95. The highest BCUT2D eigenvalue weighted by Crippen LogP contribution is 2.37. The molecule has 1 aromatic heterocycles. The van der Waals surface area contributed by atoms with Gasteiger partial charge in [0, 0.05) is 31.4 Å². The molecule has 96 valence electrons. The van der Waals surface area contributed by atoms with Gasteiger partial charge in [0.2, 0.25) is 0 Å². The van der Waals surface area contributed by atoms with Crippen molar-refractivity contribution in [3.63, 3.8) is 0 Å². The van der Waals surface area contributed by atoms with E-state index in [0.717, 1.165) is 4.47 Å². The molecule has 0 fully saturated rings. The van der Waals surface area contributed by atoms with Crippen LogP contribution in [-0.2, 0) is 0 Å². The summed E-state index contributed by atoms with van der Waals surface area (Å²) in [5.74, 6) is 0. The van der Waals surface area contributed by atoms with Crippen molar-refractivity contribution in [3.8, 4) is 0 Å². The van der Waals surface area contributed by atoms with Gasteiger partial charge >= 0.3 is 0 Å². The number of hydrogen-bond donors (Lipinski definition) is 1. The first kappa shape index (κ1) is 12.8. The molecule has 3 aromatic rings. The SMILES string of the molecule is Cc1cc(Br)ccc1Sc1c[nH]c2cccc(C)c12. The Morgan fingerprint density at radius 3 is 2.63 bits per heavy atom. The van der Waals surface area contributed by atoms with Gasteiger partial charge in [0.05, 0.1) is 0 Å². The number of aryl methyl sites for hydroxylation is 2. The van der Waals surface area contributed by atoms with Gasteiger partial charge < -0.3 is 4.98 Å². The summed E-state index contributed by atoms with van der Waals surface area (Å²) in [5, 5.41) is 1.33. The fourth-order valence-electron chi connectivity index (χ4n) is 2.26. The minimum absolute atomic E-state index is 1.13. The van der Waals surface area contributed by atoms with Gasteiger partial charge in [-0.1, -0.05) is 39.8 Å². The quantitative estimate of drug-likeness (QED) is 0.636. The minimum Gasteiger partial charge on any atom is -0.360 e. The lowest BCUT2D eigenvalue weighted by Gasteiger charge is -2.06. The molecule has 0 aliphatic rings. The van der Waals surface area contributed by atoms with Crippen LogP contribution >= 0.6 is 27.7 Å². The summed E-state index contributed by atoms with van der Waals surface area (Å²) in [6.45, 7) is 4.31. The Morgan fingerprint density at radius 2 is 1.84 bits per heavy atom. The van der Waals surface area contributed by atoms with E-state index in [1.165, 1.54) is 31.8 Å². The molecule has 3 rings (SSSR count). The maximum Gasteiger partial charge on any atom is 0.0468 e. The number of H-pyrrole nitrogens is 1. The Hall–Kier alpha value is -1.19. The van der Waals surface area contributed by atoms with Gasteiger partial charge in [-0.15, -0.1) is 0 Å². The van der Waals surface area contributed by atoms with Crippen LogP contribution < -0.4 is 0 Å². The van der Waals surface area contributed by atoms with Gasteiger partial charge in [0.1, 0.15) is 0 Å². The molecule has 19 heavy (non-hydrogen) atoms. The predicted molar refractivity (Wildman–Crippen MR) is 86.0 cm³/mol. The number of hydrogen-bond acceptors (Lipinski definition) is 1. The number of halogens is 1. The van der Waals surface area contributed by atoms with Crippen LogP contribution in [0.15, 0.2) is 56.9 Å². The van der Waals surface area contributed by atoms with E-state index in [-0.39, 0.29) is 0 Å². The highest BCUT2D eigenvalue weighted by atomic mass is 79.9. The van der Waals surface area contributed by atoms with E-state index >= 15 is 0 Å². The summed E-state index contributed by atoms with van der Waals surface area (Å²) in [4.78, 5) is 5.94. The monoisotopic (exact) mass is 331 g/mol. The summed E-state index contributed by atoms with van der Waals surface area (Å²) < 4.78 is 1.13. The molecule has 0 radical (unpaired) electrons. The molecule has 0 aliphatic carbocycles. The van der Waals surface area contributed by atoms with Crippen molar-refractivity contribution in [3.05, 3.63) is 58.2 Å². The lowest BCUT2D eigenvalue weighted by Crippen LogP contribution is -1.80. The molecule has 0 amide bonds. The van der Waals surface area contributed by atoms with Crippen molar-refractivity contribution < 1.29 is 0 Å². The van der Waals surface area contributed by atoms with Crippen LogP contribution in [0.2, 0.25) is 0 Å². The van der Waals surface area contributed by atoms with E-state index in [2.05, 4.69) is 77.4 Å². The molecule has 2 aromatic carbocycles. The summed E-state index contributed by atoms with van der Waals surface area (Å²) >= 11 is 5.33. The molecular weight excluding hydrogens is 318 g/mol. The molecule has 0 saturated heterocycles. The van der Waals surface area contributed by atoms with Crippen LogP contribution in [0.4, 0.5) is 0 Å². The standard InChI is InChI=1S/C16H14BrNS/c1-10-4-3-5-13-16(10)15(9-18-13)19-14-7-6-12(17)8-11(14)2/h3-9,18H,1-2H3. The van der Waals surface area contributed by atoms with Crippen LogP contribution in [-0.4, -0.2) is 4.98 Å². The first-order valence-corrected chi connectivity index (χ1v) is 7.77. The maximum atomic E-state index is 3.51. The van der Waals surface area contributed by atoms with Gasteiger partial charge in [-0.2, -0.15) is 0 Å². The molecule has 0 atom stereocenters. The minimum atomic E-state index is 1.13.